The number of hydrogen-bond donors (Lipinski definition) is 1. The first-order chi connectivity index (χ1) is 11.7. The molecule has 0 aromatic carbocycles. The van der Waals surface area contributed by atoms with Crippen LogP contribution >= 0.6 is 11.3 Å². The summed E-state index contributed by atoms with van der Waals surface area (Å²) in [5.74, 6) is 0.127. The van der Waals surface area contributed by atoms with Crippen molar-refractivity contribution in [3.05, 3.63) is 46.9 Å². The molecule has 24 heavy (non-hydrogen) atoms. The van der Waals surface area contributed by atoms with Crippen molar-refractivity contribution in [1.82, 2.24) is 9.88 Å². The van der Waals surface area contributed by atoms with Crippen molar-refractivity contribution in [1.29, 1.82) is 0 Å². The number of nitrogens with zero attached hydrogens (tertiary/aromatic N) is 2. The van der Waals surface area contributed by atoms with Crippen molar-refractivity contribution in [2.24, 2.45) is 0 Å². The van der Waals surface area contributed by atoms with Crippen LogP contribution in [0.5, 0.6) is 0 Å². The molecule has 2 aliphatic heterocycles. The van der Waals surface area contributed by atoms with Crippen molar-refractivity contribution in [3.8, 4) is 0 Å². The van der Waals surface area contributed by atoms with Gasteiger partial charge in [0.15, 0.2) is 0 Å². The number of amides is 1. The van der Waals surface area contributed by atoms with Crippen molar-refractivity contribution in [2.45, 2.75) is 30.9 Å². The molecule has 2 fully saturated rings. The normalized spacial score (nSPS) is 26.7. The van der Waals surface area contributed by atoms with Gasteiger partial charge in [0.1, 0.15) is 0 Å². The van der Waals surface area contributed by atoms with Crippen molar-refractivity contribution in [2.75, 3.05) is 25.0 Å². The van der Waals surface area contributed by atoms with Crippen LogP contribution in [0.4, 0.5) is 5.69 Å². The third-order valence-corrected chi connectivity index (χ3v) is 5.52. The molecule has 2 aromatic rings. The van der Waals surface area contributed by atoms with Gasteiger partial charge in [-0.2, -0.15) is 11.3 Å². The minimum atomic E-state index is -0.205. The van der Waals surface area contributed by atoms with Crippen LogP contribution in [-0.2, 0) is 4.74 Å². The Kier molecular flexibility index (Phi) is 4.24. The molecule has 2 saturated heterocycles. The average molecular weight is 343 g/mol. The van der Waals surface area contributed by atoms with Crippen LogP contribution in [0.25, 0.3) is 0 Å². The van der Waals surface area contributed by atoms with E-state index in [1.807, 2.05) is 40.1 Å². The van der Waals surface area contributed by atoms with Gasteiger partial charge in [0.2, 0.25) is 0 Å². The van der Waals surface area contributed by atoms with E-state index >= 15 is 0 Å². The standard InChI is InChI=1S/C18H21N3O2S/c22-17(14-4-8-24-12-14)21-7-2-5-18(13-21)9-16(11-23-18)20-15-3-1-6-19-10-15/h1,3-4,6,8,10,12,16,20H,2,5,7,9,11,13H2/t16-,18-/m0/s1. The fourth-order valence-electron chi connectivity index (χ4n) is 3.75. The van der Waals surface area contributed by atoms with Gasteiger partial charge in [-0.05, 0) is 36.4 Å². The van der Waals surface area contributed by atoms with Crippen LogP contribution in [0.3, 0.4) is 0 Å². The van der Waals surface area contributed by atoms with E-state index < -0.39 is 0 Å². The van der Waals surface area contributed by atoms with Gasteiger partial charge in [-0.15, -0.1) is 0 Å². The predicted molar refractivity (Wildman–Crippen MR) is 94.4 cm³/mol. The van der Waals surface area contributed by atoms with E-state index in [9.17, 15) is 4.79 Å². The smallest absolute Gasteiger partial charge is 0.254 e. The number of ether oxygens (including phenoxy) is 1. The van der Waals surface area contributed by atoms with E-state index in [0.717, 1.165) is 37.1 Å². The lowest BCUT2D eigenvalue weighted by Gasteiger charge is -2.39. The summed E-state index contributed by atoms with van der Waals surface area (Å²) in [4.78, 5) is 18.7. The molecule has 4 heterocycles. The SMILES string of the molecule is O=C(c1ccsc1)N1CCC[C@]2(C[C@H](Nc3cccnc3)CO2)C1. The number of carbonyl (C=O) groups excluding carboxylic acids is 1. The summed E-state index contributed by atoms with van der Waals surface area (Å²) >= 11 is 1.56. The Hall–Kier alpha value is -1.92. The summed E-state index contributed by atoms with van der Waals surface area (Å²) in [6.07, 6.45) is 6.54. The summed E-state index contributed by atoms with van der Waals surface area (Å²) in [6.45, 7) is 2.18. The Morgan fingerprint density at radius 1 is 1.46 bits per heavy atom. The zero-order valence-electron chi connectivity index (χ0n) is 13.5. The van der Waals surface area contributed by atoms with Crippen LogP contribution in [0.2, 0.25) is 0 Å². The molecule has 4 rings (SSSR count). The maximum absolute atomic E-state index is 12.6. The van der Waals surface area contributed by atoms with E-state index in [0.29, 0.717) is 13.2 Å². The monoisotopic (exact) mass is 343 g/mol. The molecule has 0 bridgehead atoms. The molecule has 2 aliphatic rings. The molecule has 1 N–H and O–H groups in total. The third kappa shape index (κ3) is 3.16. The van der Waals surface area contributed by atoms with E-state index in [-0.39, 0.29) is 17.6 Å². The second kappa shape index (κ2) is 6.53. The number of likely N-dealkylation sites (tertiary alicyclic amines) is 1. The topological polar surface area (TPSA) is 54.5 Å². The van der Waals surface area contributed by atoms with Gasteiger partial charge in [-0.1, -0.05) is 0 Å². The molecule has 1 spiro atoms. The maximum Gasteiger partial charge on any atom is 0.254 e. The molecule has 6 heteroatoms. The van der Waals surface area contributed by atoms with Crippen molar-refractivity contribution < 1.29 is 9.53 Å². The van der Waals surface area contributed by atoms with E-state index in [1.165, 1.54) is 0 Å². The molecule has 1 amide bonds. The van der Waals surface area contributed by atoms with E-state index in [4.69, 9.17) is 4.74 Å². The largest absolute Gasteiger partial charge is 0.379 e. The number of pyridine rings is 1. The Morgan fingerprint density at radius 2 is 2.42 bits per heavy atom. The minimum absolute atomic E-state index is 0.127. The Morgan fingerprint density at radius 3 is 3.21 bits per heavy atom. The number of anilines is 1. The molecule has 0 radical (unpaired) electrons. The molecule has 2 atom stereocenters. The van der Waals surface area contributed by atoms with Crippen molar-refractivity contribution >= 4 is 22.9 Å². The molecule has 0 unspecified atom stereocenters. The molecular formula is C18H21N3O2S. The zero-order valence-corrected chi connectivity index (χ0v) is 14.3. The summed E-state index contributed by atoms with van der Waals surface area (Å²) in [7, 11) is 0. The van der Waals surface area contributed by atoms with Crippen molar-refractivity contribution in [3.63, 3.8) is 0 Å². The molecule has 126 valence electrons. The highest BCUT2D eigenvalue weighted by Gasteiger charge is 2.44. The first-order valence-corrected chi connectivity index (χ1v) is 9.30. The Bertz CT molecular complexity index is 692. The third-order valence-electron chi connectivity index (χ3n) is 4.84. The van der Waals surface area contributed by atoms with Gasteiger partial charge in [-0.3, -0.25) is 9.78 Å². The first kappa shape index (κ1) is 15.6. The fourth-order valence-corrected chi connectivity index (χ4v) is 4.38. The first-order valence-electron chi connectivity index (χ1n) is 8.36. The minimum Gasteiger partial charge on any atom is -0.379 e. The van der Waals surface area contributed by atoms with Gasteiger partial charge in [0, 0.05) is 30.7 Å². The molecule has 0 aliphatic carbocycles. The molecule has 0 saturated carbocycles. The fraction of sp³-hybridized carbons (Fsp3) is 0.444. The van der Waals surface area contributed by atoms with E-state index in [2.05, 4.69) is 10.3 Å². The van der Waals surface area contributed by atoms with Gasteiger partial charge in [0.05, 0.1) is 36.0 Å². The summed E-state index contributed by atoms with van der Waals surface area (Å²) in [6, 6.07) is 6.11. The van der Waals surface area contributed by atoms with Crippen LogP contribution in [-0.4, -0.2) is 47.1 Å². The lowest BCUT2D eigenvalue weighted by molar-refractivity contribution is -0.0447. The van der Waals surface area contributed by atoms with Gasteiger partial charge in [-0.25, -0.2) is 0 Å². The number of nitrogens with one attached hydrogen (secondary N) is 1. The quantitative estimate of drug-likeness (QED) is 0.931. The second-order valence-corrected chi connectivity index (χ2v) is 7.40. The average Bonchev–Trinajstić information content (AvgIpc) is 3.26. The number of thiophene rings is 1. The van der Waals surface area contributed by atoms with Gasteiger partial charge in [0.25, 0.3) is 5.91 Å². The van der Waals surface area contributed by atoms with Crippen LogP contribution < -0.4 is 5.32 Å². The highest BCUT2D eigenvalue weighted by atomic mass is 32.1. The highest BCUT2D eigenvalue weighted by molar-refractivity contribution is 7.08. The lowest BCUT2D eigenvalue weighted by Crippen LogP contribution is -2.50. The van der Waals surface area contributed by atoms with Gasteiger partial charge < -0.3 is 15.0 Å². The number of piperidine rings is 1. The Balaban J connectivity index is 1.41. The maximum atomic E-state index is 12.6. The molecular weight excluding hydrogens is 322 g/mol. The summed E-state index contributed by atoms with van der Waals surface area (Å²) in [5, 5.41) is 7.37. The number of aromatic nitrogens is 1. The summed E-state index contributed by atoms with van der Waals surface area (Å²) < 4.78 is 6.19. The molecule has 5 nitrogen and oxygen atoms in total. The predicted octanol–water partition coefficient (Wildman–Crippen LogP) is 3.02. The summed E-state index contributed by atoms with van der Waals surface area (Å²) in [5.41, 5.74) is 1.61. The number of rotatable bonds is 3. The van der Waals surface area contributed by atoms with Crippen LogP contribution in [0.15, 0.2) is 41.4 Å². The molecule has 2 aromatic heterocycles. The lowest BCUT2D eigenvalue weighted by atomic mass is 9.88. The highest BCUT2D eigenvalue weighted by Crippen LogP contribution is 2.36. The second-order valence-electron chi connectivity index (χ2n) is 6.62. The van der Waals surface area contributed by atoms with Crippen LogP contribution in [0, 0.1) is 0 Å². The van der Waals surface area contributed by atoms with Gasteiger partial charge >= 0.3 is 0 Å². The van der Waals surface area contributed by atoms with Crippen LogP contribution in [0.1, 0.15) is 29.6 Å². The zero-order chi connectivity index (χ0) is 16.4. The number of hydrogen-bond acceptors (Lipinski definition) is 5. The Labute approximate surface area is 145 Å². The number of carbonyl (C=O) groups is 1. The van der Waals surface area contributed by atoms with E-state index in [1.54, 1.807) is 17.5 Å².